The van der Waals surface area contributed by atoms with Crippen LogP contribution in [0.4, 0.5) is 4.39 Å². The lowest BCUT2D eigenvalue weighted by Crippen LogP contribution is -2.40. The predicted molar refractivity (Wildman–Crippen MR) is 93.9 cm³/mol. The molecular formula is C18H25FN2O3S. The van der Waals surface area contributed by atoms with Crippen LogP contribution in [0.5, 0.6) is 0 Å². The molecule has 1 amide bonds. The molecule has 2 saturated heterocycles. The Balaban J connectivity index is 1.52. The topological polar surface area (TPSA) is 57.7 Å². The molecule has 1 aromatic rings. The van der Waals surface area contributed by atoms with Crippen molar-refractivity contribution < 1.29 is 17.6 Å². The molecule has 2 heterocycles. The van der Waals surface area contributed by atoms with E-state index in [0.29, 0.717) is 43.6 Å². The smallest absolute Gasteiger partial charge is 0.227 e. The molecule has 0 bridgehead atoms. The van der Waals surface area contributed by atoms with Gasteiger partial charge in [-0.15, -0.1) is 0 Å². The molecule has 1 aromatic carbocycles. The molecule has 25 heavy (non-hydrogen) atoms. The van der Waals surface area contributed by atoms with Crippen molar-refractivity contribution in [1.29, 1.82) is 0 Å². The van der Waals surface area contributed by atoms with Crippen LogP contribution in [-0.4, -0.2) is 56.0 Å². The van der Waals surface area contributed by atoms with E-state index in [1.807, 2.05) is 4.90 Å². The van der Waals surface area contributed by atoms with Crippen molar-refractivity contribution in [2.45, 2.75) is 25.7 Å². The molecule has 0 N–H and O–H groups in total. The van der Waals surface area contributed by atoms with E-state index < -0.39 is 10.0 Å². The molecule has 0 radical (unpaired) electrons. The van der Waals surface area contributed by atoms with Crippen LogP contribution in [0.15, 0.2) is 24.3 Å². The Morgan fingerprint density at radius 3 is 2.40 bits per heavy atom. The molecule has 0 aromatic heterocycles. The molecule has 2 aliphatic rings. The maximum Gasteiger partial charge on any atom is 0.227 e. The molecule has 1 unspecified atom stereocenters. The van der Waals surface area contributed by atoms with Gasteiger partial charge in [0.1, 0.15) is 5.82 Å². The number of carbonyl (C=O) groups is 1. The van der Waals surface area contributed by atoms with Gasteiger partial charge < -0.3 is 4.90 Å². The van der Waals surface area contributed by atoms with Crippen molar-refractivity contribution in [1.82, 2.24) is 9.21 Å². The van der Waals surface area contributed by atoms with Gasteiger partial charge in [0.25, 0.3) is 0 Å². The fourth-order valence-corrected chi connectivity index (χ4v) is 4.87. The molecular weight excluding hydrogens is 343 g/mol. The number of halogens is 1. The van der Waals surface area contributed by atoms with E-state index in [1.165, 1.54) is 12.3 Å². The van der Waals surface area contributed by atoms with Crippen molar-refractivity contribution in [3.8, 4) is 0 Å². The summed E-state index contributed by atoms with van der Waals surface area (Å²) < 4.78 is 38.5. The molecule has 3 rings (SSSR count). The highest BCUT2D eigenvalue weighted by Gasteiger charge is 2.35. The molecule has 2 aliphatic heterocycles. The van der Waals surface area contributed by atoms with E-state index in [2.05, 4.69) is 0 Å². The molecule has 0 spiro atoms. The standard InChI is InChI=1S/C18H25FN2O3S/c1-25(23,24)21-10-7-14(8-11-21)16-6-9-20(13-16)18(22)12-15-4-2-3-5-17(15)19/h2-5,14,16H,6-13H2,1H3. The van der Waals surface area contributed by atoms with Crippen molar-refractivity contribution >= 4 is 15.9 Å². The summed E-state index contributed by atoms with van der Waals surface area (Å²) in [6.45, 7) is 2.56. The first kappa shape index (κ1) is 18.3. The molecule has 7 heteroatoms. The van der Waals surface area contributed by atoms with E-state index in [-0.39, 0.29) is 18.1 Å². The van der Waals surface area contributed by atoms with Crippen molar-refractivity contribution in [3.63, 3.8) is 0 Å². The van der Waals surface area contributed by atoms with Gasteiger partial charge in [-0.2, -0.15) is 0 Å². The van der Waals surface area contributed by atoms with Gasteiger partial charge in [0, 0.05) is 26.2 Å². The van der Waals surface area contributed by atoms with Crippen molar-refractivity contribution in [2.75, 3.05) is 32.4 Å². The molecule has 138 valence electrons. The fraction of sp³-hybridized carbons (Fsp3) is 0.611. The zero-order chi connectivity index (χ0) is 18.0. The summed E-state index contributed by atoms with van der Waals surface area (Å²) in [7, 11) is -3.10. The van der Waals surface area contributed by atoms with Gasteiger partial charge in [-0.1, -0.05) is 18.2 Å². The van der Waals surface area contributed by atoms with E-state index in [1.54, 1.807) is 22.5 Å². The Morgan fingerprint density at radius 1 is 1.12 bits per heavy atom. The monoisotopic (exact) mass is 368 g/mol. The lowest BCUT2D eigenvalue weighted by atomic mass is 9.84. The van der Waals surface area contributed by atoms with Gasteiger partial charge in [0.05, 0.1) is 12.7 Å². The molecule has 1 atom stereocenters. The van der Waals surface area contributed by atoms with Gasteiger partial charge in [0.2, 0.25) is 15.9 Å². The molecule has 2 fully saturated rings. The first-order valence-corrected chi connectivity index (χ1v) is 10.7. The summed E-state index contributed by atoms with van der Waals surface area (Å²) in [5.41, 5.74) is 0.442. The van der Waals surface area contributed by atoms with Gasteiger partial charge in [-0.05, 0) is 42.7 Å². The maximum atomic E-state index is 13.7. The summed E-state index contributed by atoms with van der Waals surface area (Å²) in [6, 6.07) is 6.40. The first-order valence-electron chi connectivity index (χ1n) is 8.81. The molecule has 0 saturated carbocycles. The van der Waals surface area contributed by atoms with Crippen LogP contribution in [0.3, 0.4) is 0 Å². The quantitative estimate of drug-likeness (QED) is 0.815. The summed E-state index contributed by atoms with van der Waals surface area (Å²) >= 11 is 0. The predicted octanol–water partition coefficient (Wildman–Crippen LogP) is 1.89. The summed E-state index contributed by atoms with van der Waals surface area (Å²) in [5, 5.41) is 0. The SMILES string of the molecule is CS(=O)(=O)N1CCC(C2CCN(C(=O)Cc3ccccc3F)C2)CC1. The highest BCUT2D eigenvalue weighted by atomic mass is 32.2. The van der Waals surface area contributed by atoms with Crippen molar-refractivity contribution in [2.24, 2.45) is 11.8 Å². The highest BCUT2D eigenvalue weighted by Crippen LogP contribution is 2.32. The fourth-order valence-electron chi connectivity index (χ4n) is 3.99. The average Bonchev–Trinajstić information content (AvgIpc) is 3.06. The first-order chi connectivity index (χ1) is 11.8. The number of carbonyl (C=O) groups excluding carboxylic acids is 1. The van der Waals surface area contributed by atoms with E-state index >= 15 is 0 Å². The second-order valence-corrected chi connectivity index (χ2v) is 9.14. The normalized spacial score (nSPS) is 23.1. The number of benzene rings is 1. The van der Waals surface area contributed by atoms with Crippen LogP contribution in [-0.2, 0) is 21.2 Å². The Hall–Kier alpha value is -1.47. The lowest BCUT2D eigenvalue weighted by Gasteiger charge is -2.33. The number of nitrogens with zero attached hydrogens (tertiary/aromatic N) is 2. The summed E-state index contributed by atoms with van der Waals surface area (Å²) in [6.07, 6.45) is 4.02. The average molecular weight is 368 g/mol. The zero-order valence-electron chi connectivity index (χ0n) is 14.5. The largest absolute Gasteiger partial charge is 0.342 e. The van der Waals surface area contributed by atoms with Gasteiger partial charge >= 0.3 is 0 Å². The minimum atomic E-state index is -3.10. The Kier molecular flexibility index (Phi) is 5.43. The third kappa shape index (κ3) is 4.39. The Labute approximate surface area is 148 Å². The molecule has 0 aliphatic carbocycles. The zero-order valence-corrected chi connectivity index (χ0v) is 15.3. The van der Waals surface area contributed by atoms with E-state index in [4.69, 9.17) is 0 Å². The number of piperidine rings is 1. The van der Waals surface area contributed by atoms with Gasteiger partial charge in [-0.3, -0.25) is 4.79 Å². The van der Waals surface area contributed by atoms with Gasteiger partial charge in [0.15, 0.2) is 0 Å². The van der Waals surface area contributed by atoms with Crippen LogP contribution < -0.4 is 0 Å². The maximum absolute atomic E-state index is 13.7. The number of hydrogen-bond donors (Lipinski definition) is 0. The van der Waals surface area contributed by atoms with Crippen LogP contribution in [0, 0.1) is 17.7 Å². The second-order valence-electron chi connectivity index (χ2n) is 7.16. The number of likely N-dealkylation sites (tertiary alicyclic amines) is 1. The van der Waals surface area contributed by atoms with Crippen LogP contribution in [0.2, 0.25) is 0 Å². The Morgan fingerprint density at radius 2 is 1.76 bits per heavy atom. The minimum Gasteiger partial charge on any atom is -0.342 e. The van der Waals surface area contributed by atoms with Crippen molar-refractivity contribution in [3.05, 3.63) is 35.6 Å². The second kappa shape index (κ2) is 7.41. The summed E-state index contributed by atoms with van der Waals surface area (Å²) in [5.74, 6) is 0.524. The number of amides is 1. The third-order valence-electron chi connectivity index (χ3n) is 5.51. The van der Waals surface area contributed by atoms with Crippen LogP contribution >= 0.6 is 0 Å². The number of hydrogen-bond acceptors (Lipinski definition) is 3. The lowest BCUT2D eigenvalue weighted by molar-refractivity contribution is -0.129. The van der Waals surface area contributed by atoms with E-state index in [9.17, 15) is 17.6 Å². The van der Waals surface area contributed by atoms with Gasteiger partial charge in [-0.25, -0.2) is 17.1 Å². The summed E-state index contributed by atoms with van der Waals surface area (Å²) in [4.78, 5) is 14.3. The number of sulfonamides is 1. The van der Waals surface area contributed by atoms with Crippen LogP contribution in [0.25, 0.3) is 0 Å². The highest BCUT2D eigenvalue weighted by molar-refractivity contribution is 7.88. The Bertz CT molecular complexity index is 730. The molecule has 5 nitrogen and oxygen atoms in total. The third-order valence-corrected chi connectivity index (χ3v) is 6.81. The van der Waals surface area contributed by atoms with Crippen LogP contribution in [0.1, 0.15) is 24.8 Å². The van der Waals surface area contributed by atoms with E-state index in [0.717, 1.165) is 19.3 Å². The number of rotatable bonds is 4. The minimum absolute atomic E-state index is 0.0267.